The number of carbonyl (C=O) groups is 1. The van der Waals surface area contributed by atoms with Crippen molar-refractivity contribution in [2.75, 3.05) is 0 Å². The highest BCUT2D eigenvalue weighted by atomic mass is 16.5. The number of phenolic OH excluding ortho intramolecular Hbond substituents is 1. The molecule has 0 amide bonds. The van der Waals surface area contributed by atoms with Crippen LogP contribution in [0.2, 0.25) is 0 Å². The fourth-order valence-electron chi connectivity index (χ4n) is 3.38. The number of aromatic hydroxyl groups is 1. The molecule has 2 atom stereocenters. The fourth-order valence-corrected chi connectivity index (χ4v) is 3.38. The minimum Gasteiger partial charge on any atom is -0.507 e. The number of hydrogen-bond acceptors (Lipinski definition) is 3. The summed E-state index contributed by atoms with van der Waals surface area (Å²) in [7, 11) is 0. The van der Waals surface area contributed by atoms with E-state index in [9.17, 15) is 9.90 Å². The molecule has 2 N–H and O–H groups in total. The molecule has 0 saturated carbocycles. The molecule has 0 spiro atoms. The number of ether oxygens (including phenoxy) is 1. The lowest BCUT2D eigenvalue weighted by molar-refractivity contribution is -0.141. The van der Waals surface area contributed by atoms with Gasteiger partial charge in [-0.3, -0.25) is 4.79 Å². The first-order valence-corrected chi connectivity index (χ1v) is 8.39. The Kier molecular flexibility index (Phi) is 4.92. The Labute approximate surface area is 138 Å². The molecule has 1 aliphatic heterocycles. The van der Waals surface area contributed by atoms with Crippen molar-refractivity contribution in [3.05, 3.63) is 22.3 Å². The van der Waals surface area contributed by atoms with Gasteiger partial charge in [0.05, 0.1) is 5.92 Å². The lowest BCUT2D eigenvalue weighted by Crippen LogP contribution is -2.37. The van der Waals surface area contributed by atoms with Crippen molar-refractivity contribution in [3.8, 4) is 11.5 Å². The summed E-state index contributed by atoms with van der Waals surface area (Å²) in [6.45, 7) is 9.72. The summed E-state index contributed by atoms with van der Waals surface area (Å²) < 4.78 is 6.35. The highest BCUT2D eigenvalue weighted by molar-refractivity contribution is 5.69. The first kappa shape index (κ1) is 17.6. The normalized spacial score (nSPS) is 21.4. The van der Waals surface area contributed by atoms with Crippen molar-refractivity contribution in [2.45, 2.75) is 72.3 Å². The number of phenols is 1. The van der Waals surface area contributed by atoms with Gasteiger partial charge in [-0.1, -0.05) is 6.92 Å². The Morgan fingerprint density at radius 2 is 1.91 bits per heavy atom. The molecule has 4 heteroatoms. The van der Waals surface area contributed by atoms with E-state index in [0.717, 1.165) is 53.7 Å². The van der Waals surface area contributed by atoms with Crippen LogP contribution in [0.25, 0.3) is 0 Å². The van der Waals surface area contributed by atoms with Crippen molar-refractivity contribution in [1.82, 2.24) is 0 Å². The zero-order chi connectivity index (χ0) is 17.4. The summed E-state index contributed by atoms with van der Waals surface area (Å²) in [5.41, 5.74) is 3.66. The van der Waals surface area contributed by atoms with E-state index in [0.29, 0.717) is 12.2 Å². The van der Waals surface area contributed by atoms with Gasteiger partial charge in [-0.05, 0) is 76.5 Å². The van der Waals surface area contributed by atoms with Gasteiger partial charge in [0, 0.05) is 5.56 Å². The van der Waals surface area contributed by atoms with E-state index < -0.39 is 5.97 Å². The van der Waals surface area contributed by atoms with Crippen LogP contribution in [0.4, 0.5) is 0 Å². The van der Waals surface area contributed by atoms with Crippen LogP contribution in [0, 0.1) is 26.7 Å². The summed E-state index contributed by atoms with van der Waals surface area (Å²) >= 11 is 0. The van der Waals surface area contributed by atoms with Crippen LogP contribution in [0.3, 0.4) is 0 Å². The molecule has 128 valence electrons. The summed E-state index contributed by atoms with van der Waals surface area (Å²) in [5, 5.41) is 19.2. The van der Waals surface area contributed by atoms with Crippen LogP contribution in [0.1, 0.15) is 61.8 Å². The molecule has 1 aromatic rings. The number of rotatable bonds is 5. The zero-order valence-electron chi connectivity index (χ0n) is 14.8. The van der Waals surface area contributed by atoms with Gasteiger partial charge in [-0.25, -0.2) is 0 Å². The molecule has 1 aliphatic rings. The minimum atomic E-state index is -0.734. The van der Waals surface area contributed by atoms with Gasteiger partial charge in [-0.2, -0.15) is 0 Å². The number of aliphatic carboxylic acids is 1. The Morgan fingerprint density at radius 1 is 1.26 bits per heavy atom. The Balaban J connectivity index is 2.14. The topological polar surface area (TPSA) is 66.8 Å². The zero-order valence-corrected chi connectivity index (χ0v) is 14.8. The van der Waals surface area contributed by atoms with Gasteiger partial charge in [0.1, 0.15) is 17.1 Å². The molecule has 0 bridgehead atoms. The molecule has 0 aliphatic carbocycles. The smallest absolute Gasteiger partial charge is 0.306 e. The molecule has 2 unspecified atom stereocenters. The average Bonchev–Trinajstić information content (AvgIpc) is 2.50. The fraction of sp³-hybridized carbons (Fsp3) is 0.632. The van der Waals surface area contributed by atoms with Crippen molar-refractivity contribution in [1.29, 1.82) is 0 Å². The molecular formula is C19H28O4. The number of carboxylic acid groups (broad SMARTS) is 1. The standard InChI is InChI=1S/C19H28O4/c1-11(18(21)22)7-6-9-19(5)10-8-15-14(4)16(20)12(2)13(3)17(15)23-19/h11,20H,6-10H2,1-5H3,(H,21,22). The van der Waals surface area contributed by atoms with E-state index >= 15 is 0 Å². The molecule has 0 radical (unpaired) electrons. The first-order valence-electron chi connectivity index (χ1n) is 8.39. The number of carboxylic acids is 1. The highest BCUT2D eigenvalue weighted by Crippen LogP contribution is 2.44. The summed E-state index contributed by atoms with van der Waals surface area (Å²) in [5.74, 6) is 0.252. The maximum atomic E-state index is 10.9. The van der Waals surface area contributed by atoms with Crippen LogP contribution in [0.5, 0.6) is 11.5 Å². The summed E-state index contributed by atoms with van der Waals surface area (Å²) in [4.78, 5) is 10.9. The maximum Gasteiger partial charge on any atom is 0.306 e. The third-order valence-corrected chi connectivity index (χ3v) is 5.36. The lowest BCUT2D eigenvalue weighted by atomic mass is 9.84. The van der Waals surface area contributed by atoms with Crippen LogP contribution in [0.15, 0.2) is 0 Å². The second-order valence-corrected chi connectivity index (χ2v) is 7.21. The Bertz CT molecular complexity index is 621. The third kappa shape index (κ3) is 3.46. The van der Waals surface area contributed by atoms with Gasteiger partial charge < -0.3 is 14.9 Å². The van der Waals surface area contributed by atoms with Gasteiger partial charge in [0.2, 0.25) is 0 Å². The Hall–Kier alpha value is -1.71. The van der Waals surface area contributed by atoms with Gasteiger partial charge in [0.25, 0.3) is 0 Å². The van der Waals surface area contributed by atoms with Crippen LogP contribution >= 0.6 is 0 Å². The largest absolute Gasteiger partial charge is 0.507 e. The molecular weight excluding hydrogens is 292 g/mol. The predicted octanol–water partition coefficient (Wildman–Crippen LogP) is 4.29. The van der Waals surface area contributed by atoms with Crippen molar-refractivity contribution in [3.63, 3.8) is 0 Å². The minimum absolute atomic E-state index is 0.258. The summed E-state index contributed by atoms with van der Waals surface area (Å²) in [6.07, 6.45) is 4.15. The second kappa shape index (κ2) is 6.42. The van der Waals surface area contributed by atoms with Gasteiger partial charge >= 0.3 is 5.97 Å². The van der Waals surface area contributed by atoms with Crippen LogP contribution in [-0.2, 0) is 11.2 Å². The predicted molar refractivity (Wildman–Crippen MR) is 90.3 cm³/mol. The highest BCUT2D eigenvalue weighted by Gasteiger charge is 2.34. The van der Waals surface area contributed by atoms with E-state index in [1.807, 2.05) is 20.8 Å². The molecule has 0 fully saturated rings. The van der Waals surface area contributed by atoms with E-state index in [-0.39, 0.29) is 11.5 Å². The van der Waals surface area contributed by atoms with Crippen molar-refractivity contribution < 1.29 is 19.7 Å². The van der Waals surface area contributed by atoms with Crippen molar-refractivity contribution in [2.24, 2.45) is 5.92 Å². The third-order valence-electron chi connectivity index (χ3n) is 5.36. The second-order valence-electron chi connectivity index (χ2n) is 7.21. The molecule has 0 aromatic heterocycles. The molecule has 0 saturated heterocycles. The SMILES string of the molecule is Cc1c(C)c2c(c(C)c1O)CCC(C)(CCCC(C)C(=O)O)O2. The van der Waals surface area contributed by atoms with Gasteiger partial charge in [-0.15, -0.1) is 0 Å². The van der Waals surface area contributed by atoms with E-state index in [1.165, 1.54) is 0 Å². The maximum absolute atomic E-state index is 10.9. The molecule has 23 heavy (non-hydrogen) atoms. The number of benzene rings is 1. The summed E-state index contributed by atoms with van der Waals surface area (Å²) in [6, 6.07) is 0. The molecule has 2 rings (SSSR count). The first-order chi connectivity index (χ1) is 10.7. The van der Waals surface area contributed by atoms with Crippen molar-refractivity contribution >= 4 is 5.97 Å². The van der Waals surface area contributed by atoms with E-state index in [2.05, 4.69) is 6.92 Å². The molecule has 1 aromatic carbocycles. The molecule has 4 nitrogen and oxygen atoms in total. The van der Waals surface area contributed by atoms with E-state index in [1.54, 1.807) is 6.92 Å². The monoisotopic (exact) mass is 320 g/mol. The van der Waals surface area contributed by atoms with Crippen LogP contribution in [-0.4, -0.2) is 21.8 Å². The van der Waals surface area contributed by atoms with Gasteiger partial charge in [0.15, 0.2) is 0 Å². The molecule has 1 heterocycles. The average molecular weight is 320 g/mol. The lowest BCUT2D eigenvalue weighted by Gasteiger charge is -2.38. The van der Waals surface area contributed by atoms with Crippen LogP contribution < -0.4 is 4.74 Å². The number of hydrogen-bond donors (Lipinski definition) is 2. The Morgan fingerprint density at radius 3 is 2.52 bits per heavy atom. The number of fused-ring (bicyclic) bond motifs is 1. The van der Waals surface area contributed by atoms with E-state index in [4.69, 9.17) is 9.84 Å². The quantitative estimate of drug-likeness (QED) is 0.849.